The maximum absolute atomic E-state index is 14.6. The summed E-state index contributed by atoms with van der Waals surface area (Å²) in [6, 6.07) is 2.21. The average molecular weight is 953 g/mol. The molecule has 374 valence electrons. The number of benzene rings is 1. The Morgan fingerprint density at radius 3 is 2.23 bits per heavy atom. The maximum atomic E-state index is 14.6. The summed E-state index contributed by atoms with van der Waals surface area (Å²) in [5, 5.41) is 11.8. The molecule has 1 aromatic heterocycles. The quantitative estimate of drug-likeness (QED) is 0.0580. The zero-order valence-corrected chi connectivity index (χ0v) is 41.3. The Hall–Kier alpha value is -5.74. The highest BCUT2D eigenvalue weighted by Gasteiger charge is 2.53. The first-order valence-corrected chi connectivity index (χ1v) is 25.3. The van der Waals surface area contributed by atoms with E-state index in [0.717, 1.165) is 88.3 Å². The molecule has 17 heteroatoms. The van der Waals surface area contributed by atoms with Crippen molar-refractivity contribution in [2.24, 2.45) is 23.2 Å². The van der Waals surface area contributed by atoms with Gasteiger partial charge >= 0.3 is 5.97 Å². The molecule has 6 atom stereocenters. The third-order valence-corrected chi connectivity index (χ3v) is 14.6. The van der Waals surface area contributed by atoms with Crippen LogP contribution in [-0.2, 0) is 35.3 Å². The van der Waals surface area contributed by atoms with Crippen LogP contribution in [0.5, 0.6) is 0 Å². The SMILES string of the molecule is CC(C)(C)OC(=O)[C@@H]1[C@H]2CCC[C@H]2CN1C(=O)[C@@H](NC(=O)[C@@H](NC(=O)c1cnc(C(=O)CCCCCCCNc2cccc3c2CN(C2CCC(=O)NC2=O)C3=O)cn1)C1CCCCC1)C(C)(C)C. The van der Waals surface area contributed by atoms with Crippen molar-refractivity contribution in [2.45, 2.75) is 181 Å². The predicted octanol–water partition coefficient (Wildman–Crippen LogP) is 6.05. The first-order chi connectivity index (χ1) is 32.8. The van der Waals surface area contributed by atoms with Crippen molar-refractivity contribution in [3.63, 3.8) is 0 Å². The standard InChI is InChI=1S/C52H72N8O9/c1-51(2,3)44(49(67)60-29-32-19-15-20-33(32)43(60)50(68)69-52(4,5)6)58-47(65)42(31-17-11-10-12-18-31)57-45(63)38-28-54-37(27-55-38)40(61)23-13-8-7-9-14-26-53-36-22-16-21-34-35(36)30-59(48(34)66)39-24-25-41(62)56-46(39)64/h16,21-22,27-28,31-33,39,42-44,53H,7-15,17-20,23-26,29-30H2,1-6H3,(H,57,63)(H,58,65)(H,56,62,64)/t32-,33-,39?,42-,43-,44+/m0/s1. The number of nitrogens with one attached hydrogen (secondary N) is 4. The van der Waals surface area contributed by atoms with Gasteiger partial charge in [-0.2, -0.15) is 0 Å². The number of anilines is 1. The number of amides is 6. The monoisotopic (exact) mass is 953 g/mol. The van der Waals surface area contributed by atoms with Crippen LogP contribution in [0.15, 0.2) is 30.6 Å². The number of likely N-dealkylation sites (tertiary alicyclic amines) is 1. The molecular formula is C52H72N8O9. The number of imide groups is 1. The Labute approximate surface area is 405 Å². The minimum atomic E-state index is -0.975. The van der Waals surface area contributed by atoms with Crippen LogP contribution in [0.4, 0.5) is 5.69 Å². The summed E-state index contributed by atoms with van der Waals surface area (Å²) in [4.78, 5) is 118. The number of hydrogen-bond acceptors (Lipinski definition) is 12. The number of Topliss-reactive ketones (excluding diaryl/α,β-unsaturated/α-hetero) is 1. The molecule has 0 radical (unpaired) electrons. The second-order valence-corrected chi connectivity index (χ2v) is 21.9. The molecule has 2 saturated carbocycles. The van der Waals surface area contributed by atoms with Gasteiger partial charge in [0.25, 0.3) is 11.8 Å². The van der Waals surface area contributed by atoms with Crippen molar-refractivity contribution in [2.75, 3.05) is 18.4 Å². The van der Waals surface area contributed by atoms with Gasteiger partial charge in [0, 0.05) is 49.3 Å². The van der Waals surface area contributed by atoms with E-state index in [1.165, 1.54) is 12.4 Å². The van der Waals surface area contributed by atoms with Crippen LogP contribution in [0, 0.1) is 23.2 Å². The van der Waals surface area contributed by atoms with E-state index < -0.39 is 58.9 Å². The number of hydrogen-bond donors (Lipinski definition) is 4. The van der Waals surface area contributed by atoms with Gasteiger partial charge in [-0.25, -0.2) is 14.8 Å². The van der Waals surface area contributed by atoms with E-state index in [0.29, 0.717) is 38.0 Å². The number of rotatable bonds is 18. The van der Waals surface area contributed by atoms with Crippen molar-refractivity contribution in [3.05, 3.63) is 53.1 Å². The van der Waals surface area contributed by atoms with E-state index in [4.69, 9.17) is 4.74 Å². The van der Waals surface area contributed by atoms with Crippen LogP contribution < -0.4 is 21.3 Å². The van der Waals surface area contributed by atoms with Gasteiger partial charge in [0.2, 0.25) is 23.6 Å². The van der Waals surface area contributed by atoms with E-state index in [1.54, 1.807) is 15.9 Å². The Kier molecular flexibility index (Phi) is 16.2. The van der Waals surface area contributed by atoms with Crippen LogP contribution >= 0.6 is 0 Å². The summed E-state index contributed by atoms with van der Waals surface area (Å²) < 4.78 is 5.84. The van der Waals surface area contributed by atoms with Crippen LogP contribution in [0.25, 0.3) is 0 Å². The topological polar surface area (TPSA) is 226 Å². The van der Waals surface area contributed by atoms with Gasteiger partial charge in [0.15, 0.2) is 5.78 Å². The molecule has 4 heterocycles. The highest BCUT2D eigenvalue weighted by Crippen LogP contribution is 2.44. The first-order valence-electron chi connectivity index (χ1n) is 25.3. The lowest BCUT2D eigenvalue weighted by molar-refractivity contribution is -0.165. The molecular weight excluding hydrogens is 881 g/mol. The summed E-state index contributed by atoms with van der Waals surface area (Å²) >= 11 is 0. The lowest BCUT2D eigenvalue weighted by Gasteiger charge is -2.38. The smallest absolute Gasteiger partial charge is 0.329 e. The molecule has 1 unspecified atom stereocenters. The van der Waals surface area contributed by atoms with Gasteiger partial charge in [-0.1, -0.05) is 71.8 Å². The molecule has 2 aromatic rings. The minimum Gasteiger partial charge on any atom is -0.458 e. The fourth-order valence-corrected chi connectivity index (χ4v) is 11.0. The number of fused-ring (bicyclic) bond motifs is 2. The molecule has 5 aliphatic rings. The Balaban J connectivity index is 0.879. The van der Waals surface area contributed by atoms with Crippen LogP contribution in [0.1, 0.15) is 181 Å². The van der Waals surface area contributed by atoms with Crippen LogP contribution in [0.2, 0.25) is 0 Å². The molecule has 1 aromatic carbocycles. The van der Waals surface area contributed by atoms with Gasteiger partial charge in [-0.15, -0.1) is 0 Å². The fraction of sp³-hybridized carbons (Fsp3) is 0.654. The number of esters is 1. The van der Waals surface area contributed by atoms with Crippen molar-refractivity contribution in [1.29, 1.82) is 0 Å². The number of nitrogens with zero attached hydrogens (tertiary/aromatic N) is 4. The Morgan fingerprint density at radius 1 is 0.826 bits per heavy atom. The molecule has 17 nitrogen and oxygen atoms in total. The molecule has 0 spiro atoms. The van der Waals surface area contributed by atoms with Gasteiger partial charge in [0.05, 0.1) is 12.4 Å². The molecule has 4 fully saturated rings. The summed E-state index contributed by atoms with van der Waals surface area (Å²) in [5.41, 5.74) is 0.956. The van der Waals surface area contributed by atoms with Gasteiger partial charge in [-0.3, -0.25) is 38.9 Å². The third-order valence-electron chi connectivity index (χ3n) is 14.6. The Bertz CT molecular complexity index is 2260. The number of carbonyl (C=O) groups is 8. The van der Waals surface area contributed by atoms with Crippen LogP contribution in [0.3, 0.4) is 0 Å². The molecule has 2 aliphatic carbocycles. The maximum Gasteiger partial charge on any atom is 0.329 e. The normalized spacial score (nSPS) is 22.6. The molecule has 3 aliphatic heterocycles. The van der Waals surface area contributed by atoms with E-state index >= 15 is 0 Å². The Morgan fingerprint density at radius 2 is 1.54 bits per heavy atom. The van der Waals surface area contributed by atoms with Crippen molar-refractivity contribution in [1.82, 2.24) is 35.7 Å². The van der Waals surface area contributed by atoms with Crippen molar-refractivity contribution < 1.29 is 43.1 Å². The van der Waals surface area contributed by atoms with Crippen molar-refractivity contribution in [3.8, 4) is 0 Å². The van der Waals surface area contributed by atoms with E-state index in [-0.39, 0.29) is 65.5 Å². The summed E-state index contributed by atoms with van der Waals surface area (Å²) in [6.07, 6.45) is 14.7. The molecule has 2 saturated heterocycles. The zero-order valence-electron chi connectivity index (χ0n) is 41.3. The average Bonchev–Trinajstić information content (AvgIpc) is 4.01. The number of ketones is 1. The van der Waals surface area contributed by atoms with Crippen LogP contribution in [-0.4, -0.2) is 110 Å². The fourth-order valence-electron chi connectivity index (χ4n) is 11.0. The molecule has 0 bridgehead atoms. The van der Waals surface area contributed by atoms with E-state index in [9.17, 15) is 38.4 Å². The number of piperidine rings is 1. The number of aromatic nitrogens is 2. The van der Waals surface area contributed by atoms with Gasteiger partial charge in [-0.05, 0) is 101 Å². The highest BCUT2D eigenvalue weighted by atomic mass is 16.6. The predicted molar refractivity (Wildman–Crippen MR) is 256 cm³/mol. The van der Waals surface area contributed by atoms with Crippen molar-refractivity contribution >= 4 is 52.9 Å². The minimum absolute atomic E-state index is 0.00632. The first kappa shape index (κ1) is 51.1. The second kappa shape index (κ2) is 21.9. The number of carbonyl (C=O) groups excluding carboxylic acids is 8. The molecule has 7 rings (SSSR count). The van der Waals surface area contributed by atoms with E-state index in [1.807, 2.05) is 53.7 Å². The number of ether oxygens (including phenoxy) is 1. The van der Waals surface area contributed by atoms with Gasteiger partial charge < -0.3 is 30.5 Å². The van der Waals surface area contributed by atoms with Gasteiger partial charge in [0.1, 0.15) is 41.2 Å². The summed E-state index contributed by atoms with van der Waals surface area (Å²) in [5.74, 6) is -2.92. The highest BCUT2D eigenvalue weighted by molar-refractivity contribution is 6.06. The molecule has 6 amide bonds. The lowest BCUT2D eigenvalue weighted by atomic mass is 9.82. The third kappa shape index (κ3) is 12.4. The second-order valence-electron chi connectivity index (χ2n) is 21.9. The number of unbranched alkanes of at least 4 members (excludes halogenated alkanes) is 4. The molecule has 4 N–H and O–H groups in total. The largest absolute Gasteiger partial charge is 0.458 e. The zero-order chi connectivity index (χ0) is 49.6. The lowest BCUT2D eigenvalue weighted by Crippen LogP contribution is -2.61. The summed E-state index contributed by atoms with van der Waals surface area (Å²) in [7, 11) is 0. The van der Waals surface area contributed by atoms with E-state index in [2.05, 4.69) is 31.2 Å². The summed E-state index contributed by atoms with van der Waals surface area (Å²) in [6.45, 7) is 12.5. The molecule has 69 heavy (non-hydrogen) atoms.